The summed E-state index contributed by atoms with van der Waals surface area (Å²) in [5, 5.41) is 45.3. The number of amides is 1. The fraction of sp³-hybridized carbons (Fsp3) is 0.552. The molecule has 11 heteroatoms. The van der Waals surface area contributed by atoms with Crippen LogP contribution in [0.5, 0.6) is 5.75 Å². The topological polar surface area (TPSA) is 165 Å². The lowest BCUT2D eigenvalue weighted by Crippen LogP contribution is -2.63. The molecule has 0 bridgehead atoms. The van der Waals surface area contributed by atoms with Gasteiger partial charge in [-0.2, -0.15) is 0 Å². The molecule has 0 radical (unpaired) electrons. The second-order valence-corrected chi connectivity index (χ2v) is 13.0. The molecule has 40 heavy (non-hydrogen) atoms. The lowest BCUT2D eigenvalue weighted by atomic mass is 9.58. The van der Waals surface area contributed by atoms with E-state index in [1.165, 1.54) is 11.0 Å². The third kappa shape index (κ3) is 4.32. The molecule has 0 spiro atoms. The van der Waals surface area contributed by atoms with E-state index >= 15 is 0 Å². The van der Waals surface area contributed by atoms with Gasteiger partial charge in [0.25, 0.3) is 5.91 Å². The number of aliphatic hydroxyl groups is 3. The van der Waals surface area contributed by atoms with E-state index < -0.39 is 58.0 Å². The van der Waals surface area contributed by atoms with Gasteiger partial charge in [-0.15, -0.1) is 0 Å². The molecule has 0 fully saturated rings. The summed E-state index contributed by atoms with van der Waals surface area (Å²) in [5.41, 5.74) is 2.60. The second kappa shape index (κ2) is 9.87. The predicted octanol–water partition coefficient (Wildman–Crippen LogP) is 2.64. The Balaban J connectivity index is 1.85. The summed E-state index contributed by atoms with van der Waals surface area (Å²) in [6.07, 6.45) is 0.154. The van der Waals surface area contributed by atoms with Crippen LogP contribution in [0, 0.1) is 17.3 Å². The first kappa shape index (κ1) is 30.0. The summed E-state index contributed by atoms with van der Waals surface area (Å²) >= 11 is 6.86. The first-order valence-electron chi connectivity index (χ1n) is 13.2. The molecule has 0 saturated carbocycles. The normalized spacial score (nSPS) is 27.6. The number of hydrogen-bond donors (Lipinski definition) is 5. The van der Waals surface area contributed by atoms with Crippen LogP contribution in [-0.2, 0) is 22.6 Å². The minimum absolute atomic E-state index is 0.00798. The number of carbonyl (C=O) groups excluding carboxylic acids is 3. The Bertz CT molecular complexity index is 1380. The highest BCUT2D eigenvalue weighted by molar-refractivity contribution is 6.33. The summed E-state index contributed by atoms with van der Waals surface area (Å²) < 4.78 is 0. The van der Waals surface area contributed by atoms with Gasteiger partial charge in [0.2, 0.25) is 5.78 Å². The molecule has 0 aromatic heterocycles. The highest BCUT2D eigenvalue weighted by Crippen LogP contribution is 2.53. The largest absolute Gasteiger partial charge is 0.510 e. The molecule has 1 aromatic rings. The van der Waals surface area contributed by atoms with Gasteiger partial charge in [0, 0.05) is 29.1 Å². The van der Waals surface area contributed by atoms with Crippen LogP contribution in [0.25, 0.3) is 0 Å². The van der Waals surface area contributed by atoms with Gasteiger partial charge in [0.05, 0.1) is 11.6 Å². The van der Waals surface area contributed by atoms with Crippen molar-refractivity contribution in [2.45, 2.75) is 64.8 Å². The van der Waals surface area contributed by atoms with Crippen LogP contribution in [0.1, 0.15) is 55.6 Å². The van der Waals surface area contributed by atoms with Crippen molar-refractivity contribution >= 4 is 29.1 Å². The van der Waals surface area contributed by atoms with Crippen molar-refractivity contribution in [1.82, 2.24) is 9.80 Å². The number of halogens is 1. The van der Waals surface area contributed by atoms with Crippen molar-refractivity contribution in [3.8, 4) is 5.75 Å². The average molecular weight is 576 g/mol. The SMILES string of the molecule is C[C@H](N(C)Cc1cc(O)c2c(c1Cl)C[C@H]1C[C@H]3[C@H](N(C)C)C(O)=C(C(N)=O)C(=O)[C@@]3(O)C(O)=C1C2=O)C(C)(C)C. The molecule has 5 atom stereocenters. The molecule has 0 unspecified atom stereocenters. The Morgan fingerprint density at radius 3 is 2.33 bits per heavy atom. The molecule has 0 aliphatic heterocycles. The molecule has 6 N–H and O–H groups in total. The molecule has 3 aliphatic carbocycles. The van der Waals surface area contributed by atoms with E-state index in [2.05, 4.69) is 32.6 Å². The van der Waals surface area contributed by atoms with Crippen LogP contribution in [-0.4, -0.2) is 86.5 Å². The number of Topliss-reactive ketones (excluding diaryl/α,β-unsaturated/α-hetero) is 2. The van der Waals surface area contributed by atoms with Crippen molar-refractivity contribution in [2.75, 3.05) is 21.1 Å². The first-order valence-corrected chi connectivity index (χ1v) is 13.6. The Labute approximate surface area is 238 Å². The summed E-state index contributed by atoms with van der Waals surface area (Å²) in [5.74, 6) is -6.87. The monoisotopic (exact) mass is 575 g/mol. The quantitative estimate of drug-likeness (QED) is 0.332. The molecule has 3 aliphatic rings. The van der Waals surface area contributed by atoms with Crippen LogP contribution in [0.3, 0.4) is 0 Å². The third-order valence-corrected chi connectivity index (χ3v) is 9.54. The van der Waals surface area contributed by atoms with Crippen LogP contribution < -0.4 is 5.73 Å². The highest BCUT2D eigenvalue weighted by atomic mass is 35.5. The zero-order chi connectivity index (χ0) is 30.2. The number of phenolic OH excluding ortho intramolecular Hbond substituents is 1. The molecule has 4 rings (SSSR count). The smallest absolute Gasteiger partial charge is 0.255 e. The number of phenols is 1. The summed E-state index contributed by atoms with van der Waals surface area (Å²) in [7, 11) is 5.13. The van der Waals surface area contributed by atoms with Crippen molar-refractivity contribution in [3.05, 3.63) is 50.4 Å². The molecule has 218 valence electrons. The maximum atomic E-state index is 13.8. The highest BCUT2D eigenvalue weighted by Gasteiger charge is 2.63. The molecular weight excluding hydrogens is 538 g/mol. The number of primary amides is 1. The van der Waals surface area contributed by atoms with Gasteiger partial charge < -0.3 is 26.2 Å². The van der Waals surface area contributed by atoms with Gasteiger partial charge in [-0.1, -0.05) is 32.4 Å². The summed E-state index contributed by atoms with van der Waals surface area (Å²) in [6.45, 7) is 8.89. The number of aromatic hydroxyl groups is 1. The van der Waals surface area contributed by atoms with Crippen molar-refractivity contribution in [3.63, 3.8) is 0 Å². The van der Waals surface area contributed by atoms with Crippen LogP contribution in [0.15, 0.2) is 28.7 Å². The minimum Gasteiger partial charge on any atom is -0.510 e. The average Bonchev–Trinajstić information content (AvgIpc) is 2.82. The van der Waals surface area contributed by atoms with Crippen LogP contribution in [0.4, 0.5) is 0 Å². The molecule has 0 saturated heterocycles. The van der Waals surface area contributed by atoms with E-state index in [1.54, 1.807) is 14.1 Å². The van der Waals surface area contributed by atoms with E-state index in [4.69, 9.17) is 17.3 Å². The van der Waals surface area contributed by atoms with Crippen LogP contribution >= 0.6 is 11.6 Å². The molecule has 1 amide bonds. The van der Waals surface area contributed by atoms with Gasteiger partial charge >= 0.3 is 0 Å². The van der Waals surface area contributed by atoms with Gasteiger partial charge in [0.15, 0.2) is 11.4 Å². The first-order chi connectivity index (χ1) is 18.3. The van der Waals surface area contributed by atoms with Crippen LogP contribution in [0.2, 0.25) is 5.02 Å². The number of rotatable bonds is 5. The van der Waals surface area contributed by atoms with Gasteiger partial charge in [-0.3, -0.25) is 24.2 Å². The number of hydrogen-bond acceptors (Lipinski definition) is 9. The molecule has 0 heterocycles. The summed E-state index contributed by atoms with van der Waals surface area (Å²) in [6, 6.07) is 0.556. The molecule has 10 nitrogen and oxygen atoms in total. The lowest BCUT2D eigenvalue weighted by Gasteiger charge is -2.50. The fourth-order valence-corrected chi connectivity index (χ4v) is 6.82. The zero-order valence-corrected chi connectivity index (χ0v) is 24.6. The number of nitrogens with two attached hydrogens (primary N) is 1. The van der Waals surface area contributed by atoms with E-state index in [0.29, 0.717) is 22.7 Å². The minimum atomic E-state index is -2.67. The second-order valence-electron chi connectivity index (χ2n) is 12.6. The number of aliphatic hydroxyl groups excluding tert-OH is 2. The number of benzene rings is 1. The number of likely N-dealkylation sites (N-methyl/N-ethyl adjacent to an activating group) is 1. The fourth-order valence-electron chi connectivity index (χ4n) is 6.54. The molecular formula is C29H38ClN3O7. The van der Waals surface area contributed by atoms with E-state index in [0.717, 1.165) is 0 Å². The Morgan fingerprint density at radius 1 is 1.20 bits per heavy atom. The standard InChI is InChI=1S/C29H38ClN3O7/c1-12(28(2,3)4)33(7)11-14-10-17(34)19-15(21(14)30)8-13-9-16-22(32(5)6)24(36)20(27(31)39)26(38)29(16,40)25(37)18(13)23(19)35/h10,12-13,16,22,34,36-37,40H,8-9,11H2,1-7H3,(H2,31,39)/t12-,13-,16-,22-,29-/m0/s1. The maximum Gasteiger partial charge on any atom is 0.255 e. The van der Waals surface area contributed by atoms with Crippen molar-refractivity contribution in [2.24, 2.45) is 23.0 Å². The Morgan fingerprint density at radius 2 is 1.80 bits per heavy atom. The zero-order valence-electron chi connectivity index (χ0n) is 23.9. The van der Waals surface area contributed by atoms with Gasteiger partial charge in [-0.25, -0.2) is 0 Å². The lowest BCUT2D eigenvalue weighted by molar-refractivity contribution is -0.148. The number of allylic oxidation sites excluding steroid dienone is 1. The van der Waals surface area contributed by atoms with E-state index in [-0.39, 0.29) is 41.2 Å². The number of ketones is 2. The van der Waals surface area contributed by atoms with E-state index in [9.17, 15) is 34.8 Å². The van der Waals surface area contributed by atoms with Crippen molar-refractivity contribution in [1.29, 1.82) is 0 Å². The Hall–Kier alpha value is -2.92. The van der Waals surface area contributed by atoms with Gasteiger partial charge in [-0.05, 0) is 69.4 Å². The Kier molecular flexibility index (Phi) is 7.41. The number of carbonyl (C=O) groups is 3. The summed E-state index contributed by atoms with van der Waals surface area (Å²) in [4.78, 5) is 42.9. The number of fused-ring (bicyclic) bond motifs is 3. The number of nitrogens with zero attached hydrogens (tertiary/aromatic N) is 2. The molecule has 1 aromatic carbocycles. The van der Waals surface area contributed by atoms with Crippen molar-refractivity contribution < 1.29 is 34.8 Å². The van der Waals surface area contributed by atoms with Gasteiger partial charge in [0.1, 0.15) is 22.8 Å². The maximum absolute atomic E-state index is 13.8. The van der Waals surface area contributed by atoms with E-state index in [1.807, 2.05) is 7.05 Å². The predicted molar refractivity (Wildman–Crippen MR) is 149 cm³/mol. The third-order valence-electron chi connectivity index (χ3n) is 9.07.